The maximum Gasteiger partial charge on any atom is 0.272 e. The first-order chi connectivity index (χ1) is 13.0. The summed E-state index contributed by atoms with van der Waals surface area (Å²) in [5.74, 6) is -0.208. The van der Waals surface area contributed by atoms with Crippen molar-refractivity contribution in [3.63, 3.8) is 0 Å². The molecule has 136 valence electrons. The Bertz CT molecular complexity index is 1110. The number of hydrogen-bond acceptors (Lipinski definition) is 5. The van der Waals surface area contributed by atoms with Gasteiger partial charge in [0.25, 0.3) is 5.91 Å². The van der Waals surface area contributed by atoms with Crippen molar-refractivity contribution in [2.75, 3.05) is 5.32 Å². The first-order valence-corrected chi connectivity index (χ1v) is 9.24. The molecule has 0 saturated carbocycles. The lowest BCUT2D eigenvalue weighted by Crippen LogP contribution is -2.15. The molecule has 0 aromatic carbocycles. The van der Waals surface area contributed by atoms with Gasteiger partial charge in [-0.05, 0) is 25.1 Å². The van der Waals surface area contributed by atoms with Crippen LogP contribution in [0, 0.1) is 6.92 Å². The predicted molar refractivity (Wildman–Crippen MR) is 106 cm³/mol. The molecule has 4 rings (SSSR count). The lowest BCUT2D eigenvalue weighted by atomic mass is 10.2. The Balaban J connectivity index is 1.63. The SMILES string of the molecule is Cc1nc(-c2cc(C(=O)Nc3cn(C)nc3-c3ccccn3)n(C)c2)cs1. The normalized spacial score (nSPS) is 10.9. The van der Waals surface area contributed by atoms with Crippen molar-refractivity contribution in [1.29, 1.82) is 0 Å². The van der Waals surface area contributed by atoms with Gasteiger partial charge in [-0.25, -0.2) is 4.98 Å². The third kappa shape index (κ3) is 3.39. The van der Waals surface area contributed by atoms with Gasteiger partial charge in [-0.3, -0.25) is 14.5 Å². The van der Waals surface area contributed by atoms with Crippen molar-refractivity contribution in [3.8, 4) is 22.6 Å². The third-order valence-electron chi connectivity index (χ3n) is 4.14. The minimum Gasteiger partial charge on any atom is -0.346 e. The standard InChI is InChI=1S/C19H18N6OS/c1-12-21-16(11-27-12)13-8-17(24(2)9-13)19(26)22-15-10-25(3)23-18(15)14-6-4-5-7-20-14/h4-11H,1-3H3,(H,22,26). The second-order valence-corrected chi connectivity index (χ2v) is 7.27. The molecule has 1 amide bonds. The van der Waals surface area contributed by atoms with Gasteiger partial charge >= 0.3 is 0 Å². The maximum atomic E-state index is 12.9. The fraction of sp³-hybridized carbons (Fsp3) is 0.158. The number of nitrogens with one attached hydrogen (secondary N) is 1. The summed E-state index contributed by atoms with van der Waals surface area (Å²) in [4.78, 5) is 21.7. The summed E-state index contributed by atoms with van der Waals surface area (Å²) < 4.78 is 3.46. The number of thiazole rings is 1. The molecule has 4 aromatic heterocycles. The van der Waals surface area contributed by atoms with Gasteiger partial charge in [-0.1, -0.05) is 6.07 Å². The molecule has 0 fully saturated rings. The summed E-state index contributed by atoms with van der Waals surface area (Å²) >= 11 is 1.59. The number of pyridine rings is 1. The van der Waals surface area contributed by atoms with Crippen LogP contribution in [0.3, 0.4) is 0 Å². The molecule has 7 nitrogen and oxygen atoms in total. The third-order valence-corrected chi connectivity index (χ3v) is 4.91. The Morgan fingerprint density at radius 2 is 2.04 bits per heavy atom. The van der Waals surface area contributed by atoms with E-state index in [0.29, 0.717) is 22.8 Å². The zero-order chi connectivity index (χ0) is 19.0. The largest absolute Gasteiger partial charge is 0.346 e. The second-order valence-electron chi connectivity index (χ2n) is 6.21. The summed E-state index contributed by atoms with van der Waals surface area (Å²) in [7, 11) is 3.66. The number of aryl methyl sites for hydroxylation is 3. The van der Waals surface area contributed by atoms with Gasteiger partial charge in [0, 0.05) is 43.6 Å². The Labute approximate surface area is 160 Å². The van der Waals surface area contributed by atoms with Crippen molar-refractivity contribution in [1.82, 2.24) is 24.3 Å². The highest BCUT2D eigenvalue weighted by molar-refractivity contribution is 7.09. The Morgan fingerprint density at radius 1 is 1.19 bits per heavy atom. The number of nitrogens with zero attached hydrogens (tertiary/aromatic N) is 5. The number of rotatable bonds is 4. The van der Waals surface area contributed by atoms with Crippen LogP contribution in [-0.2, 0) is 14.1 Å². The summed E-state index contributed by atoms with van der Waals surface area (Å²) in [5.41, 5.74) is 4.31. The molecule has 0 spiro atoms. The van der Waals surface area contributed by atoms with Crippen LogP contribution in [-0.4, -0.2) is 30.2 Å². The van der Waals surface area contributed by atoms with Crippen LogP contribution in [0.1, 0.15) is 15.5 Å². The minimum atomic E-state index is -0.208. The Hall–Kier alpha value is -3.26. The van der Waals surface area contributed by atoms with Gasteiger partial charge in [-0.15, -0.1) is 11.3 Å². The first-order valence-electron chi connectivity index (χ1n) is 8.36. The van der Waals surface area contributed by atoms with Crippen LogP contribution in [0.4, 0.5) is 5.69 Å². The van der Waals surface area contributed by atoms with E-state index in [1.807, 2.05) is 56.9 Å². The fourth-order valence-corrected chi connectivity index (χ4v) is 3.51. The fourth-order valence-electron chi connectivity index (χ4n) is 2.88. The maximum absolute atomic E-state index is 12.9. The lowest BCUT2D eigenvalue weighted by molar-refractivity contribution is 0.101. The zero-order valence-electron chi connectivity index (χ0n) is 15.2. The molecule has 0 bridgehead atoms. The molecule has 4 aromatic rings. The van der Waals surface area contributed by atoms with E-state index in [1.165, 1.54) is 0 Å². The van der Waals surface area contributed by atoms with Crippen molar-refractivity contribution in [2.24, 2.45) is 14.1 Å². The molecule has 0 radical (unpaired) electrons. The molecule has 1 N–H and O–H groups in total. The molecule has 0 unspecified atom stereocenters. The molecule has 0 aliphatic rings. The van der Waals surface area contributed by atoms with Gasteiger partial charge in [0.2, 0.25) is 0 Å². The molecule has 0 aliphatic heterocycles. The van der Waals surface area contributed by atoms with Crippen LogP contribution >= 0.6 is 11.3 Å². The Kier molecular flexibility index (Phi) is 4.33. The van der Waals surface area contributed by atoms with E-state index in [4.69, 9.17) is 0 Å². The van der Waals surface area contributed by atoms with E-state index in [-0.39, 0.29) is 5.91 Å². The molecule has 0 atom stereocenters. The van der Waals surface area contributed by atoms with E-state index in [2.05, 4.69) is 20.4 Å². The summed E-state index contributed by atoms with van der Waals surface area (Å²) in [6.07, 6.45) is 5.39. The highest BCUT2D eigenvalue weighted by Gasteiger charge is 2.18. The highest BCUT2D eigenvalue weighted by Crippen LogP contribution is 2.27. The van der Waals surface area contributed by atoms with E-state index < -0.39 is 0 Å². The molecule has 27 heavy (non-hydrogen) atoms. The average Bonchev–Trinajstić information content (AvgIpc) is 3.34. The number of carbonyl (C=O) groups is 1. The van der Waals surface area contributed by atoms with Crippen LogP contribution in [0.5, 0.6) is 0 Å². The quantitative estimate of drug-likeness (QED) is 0.589. The topological polar surface area (TPSA) is 77.6 Å². The lowest BCUT2D eigenvalue weighted by Gasteiger charge is -2.05. The minimum absolute atomic E-state index is 0.208. The van der Waals surface area contributed by atoms with E-state index in [0.717, 1.165) is 16.3 Å². The van der Waals surface area contributed by atoms with Crippen LogP contribution in [0.15, 0.2) is 48.2 Å². The monoisotopic (exact) mass is 378 g/mol. The van der Waals surface area contributed by atoms with Crippen LogP contribution in [0.2, 0.25) is 0 Å². The second kappa shape index (κ2) is 6.81. The number of amides is 1. The van der Waals surface area contributed by atoms with Crippen molar-refractivity contribution in [2.45, 2.75) is 6.92 Å². The van der Waals surface area contributed by atoms with Crippen LogP contribution < -0.4 is 5.32 Å². The van der Waals surface area contributed by atoms with E-state index in [1.54, 1.807) is 33.0 Å². The molecule has 0 aliphatic carbocycles. The van der Waals surface area contributed by atoms with Gasteiger partial charge in [0.05, 0.1) is 22.1 Å². The van der Waals surface area contributed by atoms with E-state index >= 15 is 0 Å². The molecule has 0 saturated heterocycles. The van der Waals surface area contributed by atoms with Crippen molar-refractivity contribution in [3.05, 3.63) is 58.9 Å². The molecule has 4 heterocycles. The molecular formula is C19H18N6OS. The molecular weight excluding hydrogens is 360 g/mol. The molecule has 8 heteroatoms. The smallest absolute Gasteiger partial charge is 0.272 e. The van der Waals surface area contributed by atoms with Gasteiger partial charge in [0.15, 0.2) is 0 Å². The number of anilines is 1. The van der Waals surface area contributed by atoms with Crippen LogP contribution in [0.25, 0.3) is 22.6 Å². The highest BCUT2D eigenvalue weighted by atomic mass is 32.1. The van der Waals surface area contributed by atoms with Crippen molar-refractivity contribution >= 4 is 22.9 Å². The summed E-state index contributed by atoms with van der Waals surface area (Å²) in [6, 6.07) is 7.45. The van der Waals surface area contributed by atoms with Gasteiger partial charge in [0.1, 0.15) is 11.4 Å². The first kappa shape index (κ1) is 17.2. The number of carbonyl (C=O) groups excluding carboxylic acids is 1. The van der Waals surface area contributed by atoms with E-state index in [9.17, 15) is 4.79 Å². The predicted octanol–water partition coefficient (Wildman–Crippen LogP) is 3.50. The summed E-state index contributed by atoms with van der Waals surface area (Å²) in [5, 5.41) is 10.4. The Morgan fingerprint density at radius 3 is 2.74 bits per heavy atom. The summed E-state index contributed by atoms with van der Waals surface area (Å²) in [6.45, 7) is 1.96. The zero-order valence-corrected chi connectivity index (χ0v) is 16.0. The van der Waals surface area contributed by atoms with Gasteiger partial charge < -0.3 is 9.88 Å². The van der Waals surface area contributed by atoms with Crippen molar-refractivity contribution < 1.29 is 4.79 Å². The average molecular weight is 378 g/mol. The number of hydrogen-bond donors (Lipinski definition) is 1. The number of aromatic nitrogens is 5. The van der Waals surface area contributed by atoms with Gasteiger partial charge in [-0.2, -0.15) is 5.10 Å².